The van der Waals surface area contributed by atoms with Crippen molar-refractivity contribution in [2.45, 2.75) is 19.5 Å². The summed E-state index contributed by atoms with van der Waals surface area (Å²) in [6, 6.07) is 4.47. The molecular weight excluding hydrogens is 258 g/mol. The zero-order valence-corrected chi connectivity index (χ0v) is 9.88. The van der Waals surface area contributed by atoms with Crippen LogP contribution in [-0.2, 0) is 16.0 Å². The number of benzene rings is 1. The van der Waals surface area contributed by atoms with Crippen LogP contribution in [0.25, 0.3) is 6.08 Å². The first-order chi connectivity index (χ1) is 9.02. The molecule has 0 radical (unpaired) electrons. The number of rotatable bonds is 7. The molecule has 0 unspecified atom stereocenters. The SMILES string of the molecule is O=CCCc1ccc(/C=C/C(=O)O)c(OC(F)F)c1. The third-order valence-corrected chi connectivity index (χ3v) is 2.25. The summed E-state index contributed by atoms with van der Waals surface area (Å²) in [7, 11) is 0. The molecule has 1 aromatic carbocycles. The maximum Gasteiger partial charge on any atom is 0.387 e. The fourth-order valence-corrected chi connectivity index (χ4v) is 1.46. The van der Waals surface area contributed by atoms with Crippen molar-refractivity contribution in [1.29, 1.82) is 0 Å². The number of aliphatic carboxylic acids is 1. The number of carbonyl (C=O) groups is 2. The molecule has 102 valence electrons. The quantitative estimate of drug-likeness (QED) is 0.610. The van der Waals surface area contributed by atoms with Gasteiger partial charge in [-0.3, -0.25) is 0 Å². The van der Waals surface area contributed by atoms with Crippen LogP contribution in [0.3, 0.4) is 0 Å². The van der Waals surface area contributed by atoms with Crippen LogP contribution in [-0.4, -0.2) is 24.0 Å². The molecule has 0 amide bonds. The Morgan fingerprint density at radius 3 is 2.74 bits per heavy atom. The summed E-state index contributed by atoms with van der Waals surface area (Å²) in [6.45, 7) is -3.00. The highest BCUT2D eigenvalue weighted by Gasteiger charge is 2.09. The van der Waals surface area contributed by atoms with Crippen LogP contribution in [0.4, 0.5) is 8.78 Å². The predicted molar refractivity (Wildman–Crippen MR) is 64.1 cm³/mol. The largest absolute Gasteiger partial charge is 0.478 e. The summed E-state index contributed by atoms with van der Waals surface area (Å²) in [5.41, 5.74) is 0.896. The lowest BCUT2D eigenvalue weighted by atomic mass is 10.1. The molecule has 0 atom stereocenters. The second kappa shape index (κ2) is 7.25. The Balaban J connectivity index is 3.01. The lowest BCUT2D eigenvalue weighted by molar-refractivity contribution is -0.131. The van der Waals surface area contributed by atoms with Gasteiger partial charge in [-0.25, -0.2) is 4.79 Å². The van der Waals surface area contributed by atoms with Gasteiger partial charge < -0.3 is 14.6 Å². The Bertz CT molecular complexity index is 484. The lowest BCUT2D eigenvalue weighted by Gasteiger charge is -2.10. The number of alkyl halides is 2. The molecule has 6 heteroatoms. The fourth-order valence-electron chi connectivity index (χ4n) is 1.46. The summed E-state index contributed by atoms with van der Waals surface area (Å²) in [4.78, 5) is 20.7. The van der Waals surface area contributed by atoms with E-state index in [4.69, 9.17) is 5.11 Å². The van der Waals surface area contributed by atoms with E-state index in [-0.39, 0.29) is 17.7 Å². The van der Waals surface area contributed by atoms with Crippen molar-refractivity contribution >= 4 is 18.3 Å². The van der Waals surface area contributed by atoms with Crippen molar-refractivity contribution < 1.29 is 28.2 Å². The number of halogens is 2. The molecule has 0 fully saturated rings. The number of aldehydes is 1. The molecule has 0 saturated carbocycles. The minimum absolute atomic E-state index is 0.115. The summed E-state index contributed by atoms with van der Waals surface area (Å²) in [6.07, 6.45) is 3.42. The van der Waals surface area contributed by atoms with E-state index in [9.17, 15) is 18.4 Å². The zero-order chi connectivity index (χ0) is 14.3. The molecule has 0 aromatic heterocycles. The average molecular weight is 270 g/mol. The van der Waals surface area contributed by atoms with Crippen LogP contribution < -0.4 is 4.74 Å². The van der Waals surface area contributed by atoms with Crippen LogP contribution in [0.1, 0.15) is 17.5 Å². The average Bonchev–Trinajstić information content (AvgIpc) is 2.34. The normalized spacial score (nSPS) is 10.9. The van der Waals surface area contributed by atoms with Crippen LogP contribution >= 0.6 is 0 Å². The van der Waals surface area contributed by atoms with Crippen molar-refractivity contribution in [2.24, 2.45) is 0 Å². The van der Waals surface area contributed by atoms with Gasteiger partial charge in [0.05, 0.1) is 0 Å². The maximum atomic E-state index is 12.3. The second-order valence-electron chi connectivity index (χ2n) is 3.63. The van der Waals surface area contributed by atoms with Crippen molar-refractivity contribution in [2.75, 3.05) is 0 Å². The van der Waals surface area contributed by atoms with Crippen molar-refractivity contribution in [3.05, 3.63) is 35.4 Å². The van der Waals surface area contributed by atoms with E-state index in [2.05, 4.69) is 4.74 Å². The molecule has 0 saturated heterocycles. The monoisotopic (exact) mass is 270 g/mol. The summed E-state index contributed by atoms with van der Waals surface area (Å²) < 4.78 is 28.9. The molecule has 1 N–H and O–H groups in total. The van der Waals surface area contributed by atoms with Gasteiger partial charge in [-0.05, 0) is 24.1 Å². The predicted octanol–water partition coefficient (Wildman–Crippen LogP) is 2.52. The zero-order valence-electron chi connectivity index (χ0n) is 9.88. The summed E-state index contributed by atoms with van der Waals surface area (Å²) in [5, 5.41) is 8.50. The highest BCUT2D eigenvalue weighted by atomic mass is 19.3. The topological polar surface area (TPSA) is 63.6 Å². The third-order valence-electron chi connectivity index (χ3n) is 2.25. The Kier molecular flexibility index (Phi) is 5.66. The Morgan fingerprint density at radius 2 is 2.16 bits per heavy atom. The Labute approximate surface area is 108 Å². The van der Waals surface area contributed by atoms with Crippen LogP contribution in [0.15, 0.2) is 24.3 Å². The van der Waals surface area contributed by atoms with Gasteiger partial charge in [0.1, 0.15) is 12.0 Å². The molecule has 4 nitrogen and oxygen atoms in total. The molecule has 19 heavy (non-hydrogen) atoms. The minimum atomic E-state index is -3.00. The molecule has 0 heterocycles. The molecule has 0 aliphatic heterocycles. The van der Waals surface area contributed by atoms with Gasteiger partial charge in [-0.1, -0.05) is 12.1 Å². The summed E-state index contributed by atoms with van der Waals surface area (Å²) in [5.74, 6) is -1.30. The lowest BCUT2D eigenvalue weighted by Crippen LogP contribution is -2.04. The molecule has 0 bridgehead atoms. The highest BCUT2D eigenvalue weighted by molar-refractivity contribution is 5.85. The van der Waals surface area contributed by atoms with Crippen LogP contribution in [0, 0.1) is 0 Å². The van der Waals surface area contributed by atoms with Gasteiger partial charge in [-0.15, -0.1) is 0 Å². The van der Waals surface area contributed by atoms with E-state index >= 15 is 0 Å². The van der Waals surface area contributed by atoms with Crippen molar-refractivity contribution in [1.82, 2.24) is 0 Å². The first-order valence-electron chi connectivity index (χ1n) is 5.45. The van der Waals surface area contributed by atoms with Crippen LogP contribution in [0.2, 0.25) is 0 Å². The van der Waals surface area contributed by atoms with Crippen molar-refractivity contribution in [3.63, 3.8) is 0 Å². The van der Waals surface area contributed by atoms with Gasteiger partial charge in [-0.2, -0.15) is 8.78 Å². The van der Waals surface area contributed by atoms with Gasteiger partial charge >= 0.3 is 12.6 Å². The number of carbonyl (C=O) groups excluding carboxylic acids is 1. The smallest absolute Gasteiger partial charge is 0.387 e. The molecular formula is C13H12F2O4. The molecule has 0 aliphatic carbocycles. The van der Waals surface area contributed by atoms with E-state index in [0.29, 0.717) is 12.0 Å². The van der Waals surface area contributed by atoms with E-state index in [1.54, 1.807) is 6.07 Å². The van der Waals surface area contributed by atoms with E-state index in [1.807, 2.05) is 0 Å². The minimum Gasteiger partial charge on any atom is -0.478 e. The first kappa shape index (κ1) is 14.8. The Hall–Kier alpha value is -2.24. The van der Waals surface area contributed by atoms with Gasteiger partial charge in [0.2, 0.25) is 0 Å². The number of hydrogen-bond acceptors (Lipinski definition) is 3. The van der Waals surface area contributed by atoms with Crippen LogP contribution in [0.5, 0.6) is 5.75 Å². The molecule has 0 spiro atoms. The molecule has 0 aliphatic rings. The number of hydrogen-bond donors (Lipinski definition) is 1. The first-order valence-corrected chi connectivity index (χ1v) is 5.45. The fraction of sp³-hybridized carbons (Fsp3) is 0.231. The van der Waals surface area contributed by atoms with E-state index < -0.39 is 12.6 Å². The van der Waals surface area contributed by atoms with E-state index in [1.165, 1.54) is 18.2 Å². The number of ether oxygens (including phenoxy) is 1. The van der Waals surface area contributed by atoms with Gasteiger partial charge in [0.15, 0.2) is 0 Å². The molecule has 1 aromatic rings. The highest BCUT2D eigenvalue weighted by Crippen LogP contribution is 2.24. The second-order valence-corrected chi connectivity index (χ2v) is 3.63. The number of carboxylic acid groups (broad SMARTS) is 1. The standard InChI is InChI=1S/C13H12F2O4/c14-13(15)19-11-8-9(2-1-7-16)3-4-10(11)5-6-12(17)18/h3-8,13H,1-2H2,(H,17,18)/b6-5+. The number of aryl methyl sites for hydroxylation is 1. The summed E-state index contributed by atoms with van der Waals surface area (Å²) >= 11 is 0. The molecule has 1 rings (SSSR count). The van der Waals surface area contributed by atoms with E-state index in [0.717, 1.165) is 12.4 Å². The third kappa shape index (κ3) is 5.29. The van der Waals surface area contributed by atoms with Gasteiger partial charge in [0.25, 0.3) is 0 Å². The Morgan fingerprint density at radius 1 is 1.42 bits per heavy atom. The van der Waals surface area contributed by atoms with Gasteiger partial charge in [0, 0.05) is 18.1 Å². The van der Waals surface area contributed by atoms with Crippen molar-refractivity contribution in [3.8, 4) is 5.75 Å². The number of carboxylic acids is 1. The maximum absolute atomic E-state index is 12.3.